The van der Waals surface area contributed by atoms with Crippen LogP contribution in [0.3, 0.4) is 0 Å². The summed E-state index contributed by atoms with van der Waals surface area (Å²) in [6.45, 7) is 6.01. The molecule has 4 rings (SSSR count). The third-order valence-electron chi connectivity index (χ3n) is 6.47. The Morgan fingerprint density at radius 2 is 1.91 bits per heavy atom. The maximum absolute atomic E-state index is 11.0. The Kier molecular flexibility index (Phi) is 6.98. The number of nitrogens with two attached hydrogens (primary N) is 1. The summed E-state index contributed by atoms with van der Waals surface area (Å²) in [7, 11) is 0. The first kappa shape index (κ1) is 22.2. The molecule has 1 atom stereocenters. The van der Waals surface area contributed by atoms with E-state index in [1.54, 1.807) is 0 Å². The van der Waals surface area contributed by atoms with E-state index in [-0.39, 0.29) is 12.5 Å². The van der Waals surface area contributed by atoms with E-state index < -0.39 is 6.09 Å². The molecule has 2 aromatic carbocycles. The topological polar surface area (TPSA) is 79.4 Å². The van der Waals surface area contributed by atoms with Gasteiger partial charge in [-0.25, -0.2) is 9.78 Å². The van der Waals surface area contributed by atoms with Gasteiger partial charge >= 0.3 is 6.09 Å². The largest absolute Gasteiger partial charge is 0.494 e. The summed E-state index contributed by atoms with van der Waals surface area (Å²) in [6, 6.07) is 14.4. The SMILES string of the molecule is CCOc1ccc(C(C)c2nc3cc(COC(N)=O)ccc3n2CC2CCCCC2)cc1. The van der Waals surface area contributed by atoms with E-state index in [1.165, 1.54) is 37.7 Å². The minimum Gasteiger partial charge on any atom is -0.494 e. The van der Waals surface area contributed by atoms with Gasteiger partial charge < -0.3 is 19.8 Å². The number of imidazole rings is 1. The maximum Gasteiger partial charge on any atom is 0.404 e. The fraction of sp³-hybridized carbons (Fsp3) is 0.462. The Morgan fingerprint density at radius 1 is 1.16 bits per heavy atom. The molecule has 0 bridgehead atoms. The van der Waals surface area contributed by atoms with Crippen molar-refractivity contribution in [3.63, 3.8) is 0 Å². The molecule has 1 aliphatic carbocycles. The van der Waals surface area contributed by atoms with E-state index in [0.717, 1.165) is 34.7 Å². The zero-order valence-corrected chi connectivity index (χ0v) is 19.0. The molecule has 1 amide bonds. The van der Waals surface area contributed by atoms with Crippen LogP contribution in [0.5, 0.6) is 5.75 Å². The second kappa shape index (κ2) is 10.1. The fourth-order valence-electron chi connectivity index (χ4n) is 4.76. The maximum atomic E-state index is 11.0. The molecular weight excluding hydrogens is 402 g/mol. The summed E-state index contributed by atoms with van der Waals surface area (Å²) in [4.78, 5) is 16.1. The predicted molar refractivity (Wildman–Crippen MR) is 126 cm³/mol. The van der Waals surface area contributed by atoms with Crippen molar-refractivity contribution < 1.29 is 14.3 Å². The van der Waals surface area contributed by atoms with Gasteiger partial charge in [0.1, 0.15) is 18.2 Å². The van der Waals surface area contributed by atoms with Crippen molar-refractivity contribution in [3.8, 4) is 5.75 Å². The van der Waals surface area contributed by atoms with Crippen molar-refractivity contribution >= 4 is 17.1 Å². The van der Waals surface area contributed by atoms with Gasteiger partial charge in [-0.15, -0.1) is 0 Å². The lowest BCUT2D eigenvalue weighted by atomic mass is 9.89. The van der Waals surface area contributed by atoms with E-state index in [2.05, 4.69) is 29.7 Å². The van der Waals surface area contributed by atoms with E-state index in [0.29, 0.717) is 12.5 Å². The first-order valence-electron chi connectivity index (χ1n) is 11.7. The van der Waals surface area contributed by atoms with Crippen molar-refractivity contribution in [1.29, 1.82) is 0 Å². The van der Waals surface area contributed by atoms with Crippen molar-refractivity contribution in [3.05, 3.63) is 59.4 Å². The molecule has 1 heterocycles. The number of ether oxygens (including phenoxy) is 2. The molecule has 32 heavy (non-hydrogen) atoms. The summed E-state index contributed by atoms with van der Waals surface area (Å²) < 4.78 is 13.0. The average molecular weight is 436 g/mol. The second-order valence-electron chi connectivity index (χ2n) is 8.74. The summed E-state index contributed by atoms with van der Waals surface area (Å²) in [6.07, 6.45) is 5.77. The normalized spacial score (nSPS) is 15.6. The summed E-state index contributed by atoms with van der Waals surface area (Å²) in [5.41, 5.74) is 9.29. The van der Waals surface area contributed by atoms with Crippen LogP contribution >= 0.6 is 0 Å². The van der Waals surface area contributed by atoms with Crippen LogP contribution in [0.25, 0.3) is 11.0 Å². The van der Waals surface area contributed by atoms with Crippen LogP contribution in [0.1, 0.15) is 68.8 Å². The number of carbonyl (C=O) groups is 1. The van der Waals surface area contributed by atoms with E-state index >= 15 is 0 Å². The third-order valence-corrected chi connectivity index (χ3v) is 6.47. The van der Waals surface area contributed by atoms with Crippen LogP contribution in [0.4, 0.5) is 4.79 Å². The van der Waals surface area contributed by atoms with E-state index in [9.17, 15) is 4.79 Å². The summed E-state index contributed by atoms with van der Waals surface area (Å²) >= 11 is 0. The second-order valence-corrected chi connectivity index (χ2v) is 8.74. The van der Waals surface area contributed by atoms with Crippen molar-refractivity contribution in [2.24, 2.45) is 11.7 Å². The zero-order chi connectivity index (χ0) is 22.5. The van der Waals surface area contributed by atoms with Gasteiger partial charge in [-0.1, -0.05) is 44.4 Å². The summed E-state index contributed by atoms with van der Waals surface area (Å²) in [5.74, 6) is 2.79. The number of nitrogens with zero attached hydrogens (tertiary/aromatic N) is 2. The highest BCUT2D eigenvalue weighted by atomic mass is 16.5. The quantitative estimate of drug-likeness (QED) is 0.488. The van der Waals surface area contributed by atoms with Gasteiger partial charge in [0.25, 0.3) is 0 Å². The van der Waals surface area contributed by atoms with Gasteiger partial charge in [-0.3, -0.25) is 0 Å². The molecule has 6 heteroatoms. The number of hydrogen-bond donors (Lipinski definition) is 1. The Morgan fingerprint density at radius 3 is 2.59 bits per heavy atom. The first-order valence-corrected chi connectivity index (χ1v) is 11.7. The lowest BCUT2D eigenvalue weighted by Crippen LogP contribution is -2.17. The van der Waals surface area contributed by atoms with Crippen LogP contribution in [0.2, 0.25) is 0 Å². The lowest BCUT2D eigenvalue weighted by molar-refractivity contribution is 0.150. The monoisotopic (exact) mass is 435 g/mol. The van der Waals surface area contributed by atoms with Crippen molar-refractivity contribution in [1.82, 2.24) is 9.55 Å². The van der Waals surface area contributed by atoms with Crippen molar-refractivity contribution in [2.45, 2.75) is 65.0 Å². The predicted octanol–water partition coefficient (Wildman–Crippen LogP) is 5.76. The van der Waals surface area contributed by atoms with Crippen molar-refractivity contribution in [2.75, 3.05) is 6.61 Å². The molecule has 1 aliphatic rings. The molecule has 0 aliphatic heterocycles. The number of amides is 1. The Hall–Kier alpha value is -3.02. The lowest BCUT2D eigenvalue weighted by Gasteiger charge is -2.24. The number of primary amides is 1. The van der Waals surface area contributed by atoms with Crippen LogP contribution in [0.15, 0.2) is 42.5 Å². The Bertz CT molecular complexity index is 1050. The van der Waals surface area contributed by atoms with E-state index in [4.69, 9.17) is 20.2 Å². The zero-order valence-electron chi connectivity index (χ0n) is 19.0. The van der Waals surface area contributed by atoms with Crippen LogP contribution in [-0.2, 0) is 17.9 Å². The van der Waals surface area contributed by atoms with Gasteiger partial charge in [0.05, 0.1) is 17.6 Å². The number of benzene rings is 2. The van der Waals surface area contributed by atoms with Crippen LogP contribution in [-0.4, -0.2) is 22.3 Å². The highest BCUT2D eigenvalue weighted by Gasteiger charge is 2.22. The molecule has 1 fully saturated rings. The third kappa shape index (κ3) is 5.06. The van der Waals surface area contributed by atoms with Gasteiger partial charge in [0.2, 0.25) is 0 Å². The minimum atomic E-state index is -0.766. The Balaban J connectivity index is 1.68. The fourth-order valence-corrected chi connectivity index (χ4v) is 4.76. The first-order chi connectivity index (χ1) is 15.5. The number of carbonyl (C=O) groups excluding carboxylic acids is 1. The van der Waals surface area contributed by atoms with Gasteiger partial charge in [-0.05, 0) is 61.1 Å². The number of fused-ring (bicyclic) bond motifs is 1. The molecule has 1 saturated carbocycles. The molecule has 170 valence electrons. The standard InChI is InChI=1S/C26H33N3O3/c1-3-31-22-12-10-21(11-13-22)18(2)25-28-23-15-20(17-32-26(27)30)9-14-24(23)29(25)16-19-7-5-4-6-8-19/h9-15,18-19H,3-8,16-17H2,1-2H3,(H2,27,30). The molecule has 3 aromatic rings. The Labute approximate surface area is 189 Å². The average Bonchev–Trinajstić information content (AvgIpc) is 3.16. The van der Waals surface area contributed by atoms with E-state index in [1.807, 2.05) is 31.2 Å². The minimum absolute atomic E-state index is 0.145. The van der Waals surface area contributed by atoms with Crippen LogP contribution in [0, 0.1) is 5.92 Å². The number of hydrogen-bond acceptors (Lipinski definition) is 4. The molecule has 2 N–H and O–H groups in total. The molecule has 0 saturated heterocycles. The molecule has 1 unspecified atom stereocenters. The molecule has 0 spiro atoms. The highest BCUT2D eigenvalue weighted by molar-refractivity contribution is 5.77. The summed E-state index contributed by atoms with van der Waals surface area (Å²) in [5, 5.41) is 0. The molecule has 6 nitrogen and oxygen atoms in total. The van der Waals surface area contributed by atoms with Gasteiger partial charge in [0, 0.05) is 12.5 Å². The molecule has 1 aromatic heterocycles. The van der Waals surface area contributed by atoms with Crippen LogP contribution < -0.4 is 10.5 Å². The number of aromatic nitrogens is 2. The smallest absolute Gasteiger partial charge is 0.404 e. The molecule has 0 radical (unpaired) electrons. The van der Waals surface area contributed by atoms with Gasteiger partial charge in [-0.2, -0.15) is 0 Å². The highest BCUT2D eigenvalue weighted by Crippen LogP contribution is 2.32. The van der Waals surface area contributed by atoms with Gasteiger partial charge in [0.15, 0.2) is 0 Å². The number of rotatable bonds is 8. The molecular formula is C26H33N3O3.